The molecule has 0 aliphatic rings. The van der Waals surface area contributed by atoms with Crippen molar-refractivity contribution in [3.8, 4) is 0 Å². The van der Waals surface area contributed by atoms with E-state index in [2.05, 4.69) is 27.6 Å². The topological polar surface area (TPSA) is 68.2 Å². The minimum Gasteiger partial charge on any atom is -0.350 e. The molecule has 0 fully saturated rings. The number of nitrogens with one attached hydrogen (secondary N) is 1. The average molecular weight is 419 g/mol. The van der Waals surface area contributed by atoms with Gasteiger partial charge < -0.3 is 4.57 Å². The van der Waals surface area contributed by atoms with E-state index in [4.69, 9.17) is 0 Å². The highest BCUT2D eigenvalue weighted by molar-refractivity contribution is 7.90. The highest BCUT2D eigenvalue weighted by atomic mass is 32.2. The van der Waals surface area contributed by atoms with Crippen molar-refractivity contribution < 1.29 is 13.2 Å². The van der Waals surface area contributed by atoms with Gasteiger partial charge in [0.05, 0.1) is 4.90 Å². The first-order valence-corrected chi connectivity index (χ1v) is 11.1. The van der Waals surface area contributed by atoms with Gasteiger partial charge in [0, 0.05) is 29.7 Å². The number of sulfonamides is 1. The van der Waals surface area contributed by atoms with Gasteiger partial charge in [0.2, 0.25) is 0 Å². The Hall–Kier alpha value is -3.38. The number of rotatable bonds is 5. The number of carbonyl (C=O) groups excluding carboxylic acids is 1. The molecule has 0 aliphatic heterocycles. The van der Waals surface area contributed by atoms with Crippen molar-refractivity contribution in [1.29, 1.82) is 0 Å². The lowest BCUT2D eigenvalue weighted by molar-refractivity contribution is 0.0981. The van der Waals surface area contributed by atoms with E-state index in [1.807, 2.05) is 31.3 Å². The lowest BCUT2D eigenvalue weighted by Crippen LogP contribution is -2.31. The molecule has 5 nitrogen and oxygen atoms in total. The van der Waals surface area contributed by atoms with Gasteiger partial charge in [-0.3, -0.25) is 4.79 Å². The zero-order valence-corrected chi connectivity index (χ0v) is 17.6. The molecule has 0 radical (unpaired) electrons. The summed E-state index contributed by atoms with van der Waals surface area (Å²) >= 11 is 0. The van der Waals surface area contributed by atoms with Crippen molar-refractivity contribution in [2.75, 3.05) is 0 Å². The molecule has 6 heteroatoms. The van der Waals surface area contributed by atoms with Crippen LogP contribution in [0.1, 0.15) is 27.0 Å². The fourth-order valence-corrected chi connectivity index (χ4v) is 4.88. The summed E-state index contributed by atoms with van der Waals surface area (Å²) < 4.78 is 29.3. The monoisotopic (exact) mass is 418 g/mol. The zero-order chi connectivity index (χ0) is 21.3. The number of aryl methyl sites for hydroxylation is 2. The van der Waals surface area contributed by atoms with Crippen LogP contribution in [0.3, 0.4) is 0 Å². The van der Waals surface area contributed by atoms with E-state index in [9.17, 15) is 13.2 Å². The van der Waals surface area contributed by atoms with Crippen molar-refractivity contribution in [1.82, 2.24) is 9.29 Å². The standard InChI is InChI=1S/C24H22N2O3S/c1-17-7-3-6-10-23(17)30(28,29)25-24(27)19-13-11-18(12-14-19)15-20-16-26(2)22-9-5-4-8-21(20)22/h3-14,16H,15H2,1-2H3,(H,25,27). The predicted octanol–water partition coefficient (Wildman–Crippen LogP) is 4.20. The Morgan fingerprint density at radius 2 is 1.60 bits per heavy atom. The third kappa shape index (κ3) is 3.86. The highest BCUT2D eigenvalue weighted by Gasteiger charge is 2.20. The first-order valence-electron chi connectivity index (χ1n) is 9.60. The Balaban J connectivity index is 1.52. The molecule has 0 aliphatic carbocycles. The lowest BCUT2D eigenvalue weighted by atomic mass is 10.0. The van der Waals surface area contributed by atoms with E-state index in [0.717, 1.165) is 12.0 Å². The van der Waals surface area contributed by atoms with E-state index < -0.39 is 15.9 Å². The number of carbonyl (C=O) groups is 1. The Morgan fingerprint density at radius 3 is 2.33 bits per heavy atom. The maximum atomic E-state index is 12.5. The minimum atomic E-state index is -3.92. The Kier molecular flexibility index (Phi) is 5.18. The molecule has 0 bridgehead atoms. The van der Waals surface area contributed by atoms with E-state index in [1.54, 1.807) is 37.3 Å². The number of benzene rings is 3. The smallest absolute Gasteiger partial charge is 0.264 e. The molecule has 4 rings (SSSR count). The van der Waals surface area contributed by atoms with Gasteiger partial charge in [-0.1, -0.05) is 48.5 Å². The van der Waals surface area contributed by atoms with Gasteiger partial charge in [-0.25, -0.2) is 13.1 Å². The molecular formula is C24H22N2O3S. The number of hydrogen-bond acceptors (Lipinski definition) is 3. The number of para-hydroxylation sites is 1. The molecule has 3 aromatic carbocycles. The molecule has 152 valence electrons. The largest absolute Gasteiger partial charge is 0.350 e. The van der Waals surface area contributed by atoms with Crippen LogP contribution >= 0.6 is 0 Å². The molecule has 0 saturated carbocycles. The summed E-state index contributed by atoms with van der Waals surface area (Å²) in [6.07, 6.45) is 2.84. The first-order chi connectivity index (χ1) is 14.3. The highest BCUT2D eigenvalue weighted by Crippen LogP contribution is 2.23. The number of hydrogen-bond donors (Lipinski definition) is 1. The summed E-state index contributed by atoms with van der Waals surface area (Å²) in [5, 5.41) is 1.20. The third-order valence-corrected chi connectivity index (χ3v) is 6.69. The van der Waals surface area contributed by atoms with Gasteiger partial charge in [-0.15, -0.1) is 0 Å². The third-order valence-electron chi connectivity index (χ3n) is 5.20. The van der Waals surface area contributed by atoms with Crippen molar-refractivity contribution in [2.24, 2.45) is 7.05 Å². The predicted molar refractivity (Wildman–Crippen MR) is 118 cm³/mol. The summed E-state index contributed by atoms with van der Waals surface area (Å²) in [7, 11) is -1.90. The van der Waals surface area contributed by atoms with Crippen LogP contribution in [0, 0.1) is 6.92 Å². The maximum absolute atomic E-state index is 12.5. The van der Waals surface area contributed by atoms with Crippen LogP contribution in [-0.4, -0.2) is 18.9 Å². The Bertz CT molecular complexity index is 1340. The van der Waals surface area contributed by atoms with Gasteiger partial charge in [-0.2, -0.15) is 0 Å². The van der Waals surface area contributed by atoms with Crippen molar-refractivity contribution in [3.63, 3.8) is 0 Å². The van der Waals surface area contributed by atoms with Gasteiger partial charge in [0.15, 0.2) is 0 Å². The molecule has 1 amide bonds. The summed E-state index contributed by atoms with van der Waals surface area (Å²) in [4.78, 5) is 12.6. The summed E-state index contributed by atoms with van der Waals surface area (Å²) in [6, 6.07) is 21.8. The number of fused-ring (bicyclic) bond motifs is 1. The molecular weight excluding hydrogens is 396 g/mol. The van der Waals surface area contributed by atoms with Crippen LogP contribution in [-0.2, 0) is 23.5 Å². The molecule has 1 N–H and O–H groups in total. The maximum Gasteiger partial charge on any atom is 0.264 e. The van der Waals surface area contributed by atoms with Crippen LogP contribution < -0.4 is 4.72 Å². The van der Waals surface area contributed by atoms with Crippen molar-refractivity contribution in [2.45, 2.75) is 18.2 Å². The van der Waals surface area contributed by atoms with Gasteiger partial charge >= 0.3 is 0 Å². The van der Waals surface area contributed by atoms with Crippen LogP contribution in [0.5, 0.6) is 0 Å². The van der Waals surface area contributed by atoms with E-state index >= 15 is 0 Å². The van der Waals surface area contributed by atoms with Gasteiger partial charge in [-0.05, 0) is 54.3 Å². The van der Waals surface area contributed by atoms with Crippen molar-refractivity contribution in [3.05, 3.63) is 101 Å². The molecule has 0 saturated heterocycles. The molecule has 1 heterocycles. The average Bonchev–Trinajstić information content (AvgIpc) is 3.04. The van der Waals surface area contributed by atoms with Crippen LogP contribution in [0.25, 0.3) is 10.9 Å². The fourth-order valence-electron chi connectivity index (χ4n) is 3.65. The fraction of sp³-hybridized carbons (Fsp3) is 0.125. The quantitative estimate of drug-likeness (QED) is 0.528. The Labute approximate surface area is 176 Å². The van der Waals surface area contributed by atoms with E-state index in [-0.39, 0.29) is 4.90 Å². The molecule has 0 spiro atoms. The van der Waals surface area contributed by atoms with Crippen LogP contribution in [0.4, 0.5) is 0 Å². The zero-order valence-electron chi connectivity index (χ0n) is 16.8. The normalized spacial score (nSPS) is 11.5. The molecule has 30 heavy (non-hydrogen) atoms. The van der Waals surface area contributed by atoms with Crippen LogP contribution in [0.15, 0.2) is 83.9 Å². The molecule has 0 unspecified atom stereocenters. The summed E-state index contributed by atoms with van der Waals surface area (Å²) in [6.45, 7) is 1.70. The molecule has 0 atom stereocenters. The number of nitrogens with zero attached hydrogens (tertiary/aromatic N) is 1. The molecule has 1 aromatic heterocycles. The second kappa shape index (κ2) is 7.80. The number of amides is 1. The molecule has 4 aromatic rings. The minimum absolute atomic E-state index is 0.103. The van der Waals surface area contributed by atoms with Gasteiger partial charge in [0.25, 0.3) is 15.9 Å². The van der Waals surface area contributed by atoms with Crippen LogP contribution in [0.2, 0.25) is 0 Å². The number of aromatic nitrogens is 1. The van der Waals surface area contributed by atoms with Gasteiger partial charge in [0.1, 0.15) is 0 Å². The van der Waals surface area contributed by atoms with E-state index in [0.29, 0.717) is 11.1 Å². The SMILES string of the molecule is Cc1ccccc1S(=O)(=O)NC(=O)c1ccc(Cc2cn(C)c3ccccc23)cc1. The first kappa shape index (κ1) is 19.9. The van der Waals surface area contributed by atoms with Crippen molar-refractivity contribution >= 4 is 26.8 Å². The second-order valence-corrected chi connectivity index (χ2v) is 9.01. The Morgan fingerprint density at radius 1 is 0.933 bits per heavy atom. The summed E-state index contributed by atoms with van der Waals surface area (Å²) in [5.74, 6) is -0.644. The second-order valence-electron chi connectivity index (χ2n) is 7.36. The lowest BCUT2D eigenvalue weighted by Gasteiger charge is -2.09. The summed E-state index contributed by atoms with van der Waals surface area (Å²) in [5.41, 5.74) is 4.30. The van der Waals surface area contributed by atoms with E-state index in [1.165, 1.54) is 22.5 Å².